The van der Waals surface area contributed by atoms with Crippen molar-refractivity contribution in [1.29, 1.82) is 0 Å². The lowest BCUT2D eigenvalue weighted by Crippen LogP contribution is -1.91. The van der Waals surface area contributed by atoms with Crippen LogP contribution in [0.25, 0.3) is 22.4 Å². The molecule has 0 saturated heterocycles. The van der Waals surface area contributed by atoms with Crippen molar-refractivity contribution in [2.24, 2.45) is 0 Å². The van der Waals surface area contributed by atoms with Crippen molar-refractivity contribution in [1.82, 2.24) is 4.98 Å². The summed E-state index contributed by atoms with van der Waals surface area (Å²) in [5.74, 6) is 0.329. The average molecular weight is 288 g/mol. The quantitative estimate of drug-likeness (QED) is 0.576. The fourth-order valence-electron chi connectivity index (χ4n) is 3.37. The first-order valence-electron chi connectivity index (χ1n) is 9.06. The van der Waals surface area contributed by atoms with E-state index in [0.717, 1.165) is 5.56 Å². The third-order valence-electron chi connectivity index (χ3n) is 4.54. The molecule has 1 unspecified atom stereocenters. The van der Waals surface area contributed by atoms with Crippen LogP contribution in [0, 0.1) is 13.8 Å². The lowest BCUT2D eigenvalue weighted by Gasteiger charge is -2.09. The molecule has 0 saturated carbocycles. The standard InChI is InChI=1S/C21H19N/c1-13-4-6-17-18-7-5-16(21-11-14(2)8-9-22-21)12-20(18)15(3)19(17)10-13/h4-12,15H,1-3H3/i2D3. The number of nitrogens with zero attached hydrogens (tertiary/aromatic N) is 1. The van der Waals surface area contributed by atoms with E-state index in [-0.39, 0.29) is 0 Å². The van der Waals surface area contributed by atoms with Crippen molar-refractivity contribution < 1.29 is 4.11 Å². The summed E-state index contributed by atoms with van der Waals surface area (Å²) in [5, 5.41) is 0. The van der Waals surface area contributed by atoms with Crippen LogP contribution in [-0.4, -0.2) is 4.98 Å². The summed E-state index contributed by atoms with van der Waals surface area (Å²) in [6, 6.07) is 16.2. The van der Waals surface area contributed by atoms with Crippen molar-refractivity contribution in [2.45, 2.75) is 26.6 Å². The van der Waals surface area contributed by atoms with E-state index >= 15 is 0 Å². The van der Waals surface area contributed by atoms with Gasteiger partial charge in [-0.1, -0.05) is 42.8 Å². The van der Waals surface area contributed by atoms with Crippen molar-refractivity contribution in [3.8, 4) is 22.4 Å². The number of rotatable bonds is 1. The molecule has 1 aromatic heterocycles. The van der Waals surface area contributed by atoms with Gasteiger partial charge >= 0.3 is 0 Å². The van der Waals surface area contributed by atoms with Crippen LogP contribution in [0.2, 0.25) is 0 Å². The predicted molar refractivity (Wildman–Crippen MR) is 92.1 cm³/mol. The number of hydrogen-bond acceptors (Lipinski definition) is 1. The summed E-state index contributed by atoms with van der Waals surface area (Å²) in [4.78, 5) is 4.39. The van der Waals surface area contributed by atoms with Crippen molar-refractivity contribution in [3.05, 3.63) is 77.0 Å². The minimum atomic E-state index is -2.12. The van der Waals surface area contributed by atoms with E-state index in [1.54, 1.807) is 18.3 Å². The van der Waals surface area contributed by atoms with E-state index in [9.17, 15) is 0 Å². The first-order chi connectivity index (χ1) is 11.8. The Morgan fingerprint density at radius 2 is 1.68 bits per heavy atom. The molecule has 0 fully saturated rings. The van der Waals surface area contributed by atoms with Crippen LogP contribution >= 0.6 is 0 Å². The highest BCUT2D eigenvalue weighted by Gasteiger charge is 2.25. The Morgan fingerprint density at radius 3 is 2.50 bits per heavy atom. The Kier molecular flexibility index (Phi) is 2.26. The van der Waals surface area contributed by atoms with E-state index < -0.39 is 6.85 Å². The Balaban J connectivity index is 1.81. The van der Waals surface area contributed by atoms with Gasteiger partial charge in [0.1, 0.15) is 0 Å². The highest BCUT2D eigenvalue weighted by atomic mass is 14.7. The monoisotopic (exact) mass is 288 g/mol. The maximum atomic E-state index is 7.60. The molecule has 108 valence electrons. The van der Waals surface area contributed by atoms with Gasteiger partial charge in [0.15, 0.2) is 0 Å². The smallest absolute Gasteiger partial charge is 0.0704 e. The lowest BCUT2D eigenvalue weighted by atomic mass is 9.96. The van der Waals surface area contributed by atoms with Crippen LogP contribution in [0.3, 0.4) is 0 Å². The molecule has 3 aromatic rings. The number of pyridine rings is 1. The Labute approximate surface area is 135 Å². The molecule has 1 aliphatic carbocycles. The summed E-state index contributed by atoms with van der Waals surface area (Å²) in [6.45, 7) is 2.22. The van der Waals surface area contributed by atoms with Gasteiger partial charge in [-0.3, -0.25) is 4.98 Å². The van der Waals surface area contributed by atoms with Crippen molar-refractivity contribution in [2.75, 3.05) is 0 Å². The minimum absolute atomic E-state index is 0.324. The Bertz CT molecular complexity index is 973. The molecule has 0 spiro atoms. The van der Waals surface area contributed by atoms with Crippen LogP contribution in [0.15, 0.2) is 54.7 Å². The molecule has 0 amide bonds. The van der Waals surface area contributed by atoms with Gasteiger partial charge in [-0.2, -0.15) is 0 Å². The molecule has 22 heavy (non-hydrogen) atoms. The molecule has 1 atom stereocenters. The van der Waals surface area contributed by atoms with Gasteiger partial charge in [0.05, 0.1) is 5.69 Å². The number of aryl methyl sites for hydroxylation is 2. The Morgan fingerprint density at radius 1 is 0.909 bits per heavy atom. The normalized spacial score (nSPS) is 18.1. The molecule has 0 bridgehead atoms. The second kappa shape index (κ2) is 4.81. The molecule has 0 radical (unpaired) electrons. The fourth-order valence-corrected chi connectivity index (χ4v) is 3.37. The Hall–Kier alpha value is -2.41. The number of fused-ring (bicyclic) bond motifs is 3. The predicted octanol–water partition coefficient (Wildman–Crippen LogP) is 5.50. The van der Waals surface area contributed by atoms with Crippen LogP contribution in [0.5, 0.6) is 0 Å². The highest BCUT2D eigenvalue weighted by Crippen LogP contribution is 2.45. The van der Waals surface area contributed by atoms with E-state index in [0.29, 0.717) is 17.2 Å². The number of benzene rings is 2. The summed E-state index contributed by atoms with van der Waals surface area (Å²) in [7, 11) is 0. The third-order valence-corrected chi connectivity index (χ3v) is 4.54. The van der Waals surface area contributed by atoms with Gasteiger partial charge < -0.3 is 0 Å². The van der Waals surface area contributed by atoms with E-state index in [2.05, 4.69) is 49.2 Å². The van der Waals surface area contributed by atoms with Crippen LogP contribution in [0.4, 0.5) is 0 Å². The zero-order valence-corrected chi connectivity index (χ0v) is 12.7. The minimum Gasteiger partial charge on any atom is -0.256 e. The molecular weight excluding hydrogens is 266 g/mol. The second-order valence-corrected chi connectivity index (χ2v) is 6.04. The van der Waals surface area contributed by atoms with Gasteiger partial charge in [-0.05, 0) is 59.8 Å². The van der Waals surface area contributed by atoms with Gasteiger partial charge in [0.25, 0.3) is 0 Å². The molecule has 1 aliphatic rings. The van der Waals surface area contributed by atoms with Gasteiger partial charge in [-0.25, -0.2) is 0 Å². The van der Waals surface area contributed by atoms with Crippen LogP contribution in [-0.2, 0) is 0 Å². The molecular formula is C21H19N. The topological polar surface area (TPSA) is 12.9 Å². The second-order valence-electron chi connectivity index (χ2n) is 6.04. The molecule has 2 aromatic carbocycles. The molecule has 1 heterocycles. The maximum Gasteiger partial charge on any atom is 0.0704 e. The zero-order valence-electron chi connectivity index (χ0n) is 15.7. The third kappa shape index (κ3) is 1.97. The zero-order chi connectivity index (χ0) is 17.8. The summed E-state index contributed by atoms with van der Waals surface area (Å²) in [6.07, 6.45) is 1.58. The van der Waals surface area contributed by atoms with Crippen LogP contribution < -0.4 is 0 Å². The first-order valence-corrected chi connectivity index (χ1v) is 7.56. The van der Waals surface area contributed by atoms with Crippen LogP contribution in [0.1, 0.15) is 39.2 Å². The van der Waals surface area contributed by atoms with Crippen molar-refractivity contribution >= 4 is 0 Å². The lowest BCUT2D eigenvalue weighted by molar-refractivity contribution is 0.954. The van der Waals surface area contributed by atoms with Crippen molar-refractivity contribution in [3.63, 3.8) is 0 Å². The van der Waals surface area contributed by atoms with Gasteiger partial charge in [0, 0.05) is 21.8 Å². The largest absolute Gasteiger partial charge is 0.256 e. The summed E-state index contributed by atoms with van der Waals surface area (Å²) in [5.41, 5.74) is 8.45. The van der Waals surface area contributed by atoms with Gasteiger partial charge in [-0.15, -0.1) is 0 Å². The molecule has 1 heteroatoms. The molecule has 4 rings (SSSR count). The number of hydrogen-bond donors (Lipinski definition) is 0. The maximum absolute atomic E-state index is 7.60. The highest BCUT2D eigenvalue weighted by molar-refractivity contribution is 5.81. The van der Waals surface area contributed by atoms with Gasteiger partial charge in [0.2, 0.25) is 0 Å². The first kappa shape index (κ1) is 10.3. The summed E-state index contributed by atoms with van der Waals surface area (Å²) >= 11 is 0. The molecule has 1 nitrogen and oxygen atoms in total. The van der Waals surface area contributed by atoms with E-state index in [4.69, 9.17) is 4.11 Å². The summed E-state index contributed by atoms with van der Waals surface area (Å²) < 4.78 is 22.8. The molecule has 0 aliphatic heterocycles. The van der Waals surface area contributed by atoms with E-state index in [1.165, 1.54) is 27.8 Å². The van der Waals surface area contributed by atoms with E-state index in [1.807, 2.05) is 6.07 Å². The SMILES string of the molecule is [2H]C([2H])([2H])c1ccnc(-c2ccc3c(c2)C(C)c2cc(C)ccc2-3)c1. The number of aromatic nitrogens is 1. The fraction of sp³-hybridized carbons (Fsp3) is 0.190. The average Bonchev–Trinajstić information content (AvgIpc) is 2.86. The molecule has 0 N–H and O–H groups in total.